The number of rotatable bonds is 5. The van der Waals surface area contributed by atoms with Gasteiger partial charge in [-0.1, -0.05) is 86.8 Å². The van der Waals surface area contributed by atoms with E-state index in [9.17, 15) is 4.79 Å². The van der Waals surface area contributed by atoms with Crippen LogP contribution in [-0.2, 0) is 9.53 Å². The van der Waals surface area contributed by atoms with Gasteiger partial charge in [-0.2, -0.15) is 0 Å². The van der Waals surface area contributed by atoms with Crippen molar-refractivity contribution < 1.29 is 9.53 Å². The van der Waals surface area contributed by atoms with Gasteiger partial charge in [-0.15, -0.1) is 0 Å². The molecule has 144 valence electrons. The lowest BCUT2D eigenvalue weighted by Crippen LogP contribution is -2.23. The Morgan fingerprint density at radius 3 is 2.21 bits per heavy atom. The minimum Gasteiger partial charge on any atom is -0.461 e. The van der Waals surface area contributed by atoms with Crippen molar-refractivity contribution in [2.45, 2.75) is 44.9 Å². The maximum Gasteiger partial charge on any atom is 0.150 e. The van der Waals surface area contributed by atoms with Crippen LogP contribution in [0.1, 0.15) is 56.1 Å². The van der Waals surface area contributed by atoms with Gasteiger partial charge in [0.2, 0.25) is 0 Å². The number of benzene rings is 2. The molecule has 2 heteroatoms. The number of hydrogen-bond acceptors (Lipinski definition) is 2. The lowest BCUT2D eigenvalue weighted by atomic mass is 9.77. The maximum atomic E-state index is 12.2. The molecule has 1 fully saturated rings. The molecular weight excluding hydrogens is 344 g/mol. The first-order valence-corrected chi connectivity index (χ1v) is 10.5. The number of aldehydes is 1. The lowest BCUT2D eigenvalue weighted by Gasteiger charge is -2.34. The normalized spacial score (nSPS) is 21.6. The van der Waals surface area contributed by atoms with Gasteiger partial charge in [0.15, 0.2) is 0 Å². The highest BCUT2D eigenvalue weighted by atomic mass is 16.5. The van der Waals surface area contributed by atoms with Crippen LogP contribution in [-0.4, -0.2) is 6.29 Å². The molecule has 28 heavy (non-hydrogen) atoms. The first-order chi connectivity index (χ1) is 13.8. The van der Waals surface area contributed by atoms with Crippen LogP contribution in [0.5, 0.6) is 0 Å². The first-order valence-electron chi connectivity index (χ1n) is 10.5. The van der Waals surface area contributed by atoms with E-state index < -0.39 is 0 Å². The Hall–Kier alpha value is -2.61. The Morgan fingerprint density at radius 2 is 1.57 bits per heavy atom. The third kappa shape index (κ3) is 3.82. The van der Waals surface area contributed by atoms with E-state index in [4.69, 9.17) is 4.74 Å². The van der Waals surface area contributed by atoms with Crippen LogP contribution in [0.2, 0.25) is 0 Å². The summed E-state index contributed by atoms with van der Waals surface area (Å²) in [7, 11) is 0. The molecule has 0 N–H and O–H groups in total. The van der Waals surface area contributed by atoms with Gasteiger partial charge in [0, 0.05) is 23.0 Å². The second-order valence-electron chi connectivity index (χ2n) is 8.01. The SMILES string of the molecule is CC(C1=C(C=O)C(c2ccccc2)C=C(c2ccccc2)O1)C1CCCCC1. The van der Waals surface area contributed by atoms with Crippen LogP contribution in [0, 0.1) is 11.8 Å². The zero-order chi connectivity index (χ0) is 19.3. The van der Waals surface area contributed by atoms with Gasteiger partial charge in [0.05, 0.1) is 0 Å². The number of allylic oxidation sites excluding steroid dienone is 3. The monoisotopic (exact) mass is 372 g/mol. The fourth-order valence-corrected chi connectivity index (χ4v) is 4.64. The number of carbonyl (C=O) groups excluding carboxylic acids is 1. The van der Waals surface area contributed by atoms with Crippen molar-refractivity contribution in [1.29, 1.82) is 0 Å². The van der Waals surface area contributed by atoms with E-state index in [1.54, 1.807) is 0 Å². The van der Waals surface area contributed by atoms with Crippen molar-refractivity contribution in [2.24, 2.45) is 11.8 Å². The Bertz CT molecular complexity index is 858. The highest BCUT2D eigenvalue weighted by Gasteiger charge is 2.33. The molecule has 1 aliphatic carbocycles. The summed E-state index contributed by atoms with van der Waals surface area (Å²) < 4.78 is 6.45. The van der Waals surface area contributed by atoms with Crippen molar-refractivity contribution >= 4 is 12.0 Å². The molecule has 0 amide bonds. The van der Waals surface area contributed by atoms with Crippen molar-refractivity contribution in [1.82, 2.24) is 0 Å². The maximum absolute atomic E-state index is 12.2. The molecule has 0 bridgehead atoms. The van der Waals surface area contributed by atoms with Crippen LogP contribution in [0.3, 0.4) is 0 Å². The Balaban J connectivity index is 1.77. The summed E-state index contributed by atoms with van der Waals surface area (Å²) in [5.74, 6) is 2.50. The predicted octanol–water partition coefficient (Wildman–Crippen LogP) is 6.51. The Morgan fingerprint density at radius 1 is 0.929 bits per heavy atom. The molecule has 2 aliphatic rings. The summed E-state index contributed by atoms with van der Waals surface area (Å²) in [6.45, 7) is 2.24. The van der Waals surface area contributed by atoms with E-state index in [1.807, 2.05) is 36.4 Å². The summed E-state index contributed by atoms with van der Waals surface area (Å²) in [4.78, 5) is 12.2. The van der Waals surface area contributed by atoms with Gasteiger partial charge in [0.1, 0.15) is 17.8 Å². The fraction of sp³-hybridized carbons (Fsp3) is 0.346. The largest absolute Gasteiger partial charge is 0.461 e. The van der Waals surface area contributed by atoms with E-state index in [2.05, 4.69) is 37.3 Å². The molecular formula is C26H28O2. The van der Waals surface area contributed by atoms with Crippen LogP contribution >= 0.6 is 0 Å². The third-order valence-corrected chi connectivity index (χ3v) is 6.27. The first kappa shape index (κ1) is 18.7. The molecule has 1 saturated carbocycles. The Labute approximate surface area is 167 Å². The summed E-state index contributed by atoms with van der Waals surface area (Å²) >= 11 is 0. The average molecular weight is 373 g/mol. The molecule has 1 aliphatic heterocycles. The molecule has 4 rings (SSSR count). The highest BCUT2D eigenvalue weighted by Crippen LogP contribution is 2.43. The van der Waals surface area contributed by atoms with Gasteiger partial charge in [-0.05, 0) is 30.4 Å². The van der Waals surface area contributed by atoms with Crippen LogP contribution in [0.4, 0.5) is 0 Å². The minimum atomic E-state index is -0.0660. The third-order valence-electron chi connectivity index (χ3n) is 6.27. The van der Waals surface area contributed by atoms with E-state index in [1.165, 1.54) is 32.1 Å². The Kier molecular flexibility index (Phi) is 5.76. The molecule has 2 atom stereocenters. The molecule has 0 radical (unpaired) electrons. The second kappa shape index (κ2) is 8.60. The zero-order valence-corrected chi connectivity index (χ0v) is 16.5. The van der Waals surface area contributed by atoms with Crippen molar-refractivity contribution in [3.63, 3.8) is 0 Å². The van der Waals surface area contributed by atoms with Crippen molar-refractivity contribution in [2.75, 3.05) is 0 Å². The highest BCUT2D eigenvalue weighted by molar-refractivity contribution is 5.81. The molecule has 2 nitrogen and oxygen atoms in total. The molecule has 2 aromatic carbocycles. The number of ether oxygens (including phenoxy) is 1. The molecule has 0 spiro atoms. The van der Waals surface area contributed by atoms with Gasteiger partial charge >= 0.3 is 0 Å². The summed E-state index contributed by atoms with van der Waals surface area (Å²) in [6, 6.07) is 20.5. The summed E-state index contributed by atoms with van der Waals surface area (Å²) in [5, 5.41) is 0. The quantitative estimate of drug-likeness (QED) is 0.559. The number of hydrogen-bond donors (Lipinski definition) is 0. The number of carbonyl (C=O) groups is 1. The van der Waals surface area contributed by atoms with Crippen molar-refractivity contribution in [3.05, 3.63) is 89.2 Å². The van der Waals surface area contributed by atoms with Crippen molar-refractivity contribution in [3.8, 4) is 0 Å². The van der Waals surface area contributed by atoms with Gasteiger partial charge in [0.25, 0.3) is 0 Å². The van der Waals surface area contributed by atoms with Gasteiger partial charge < -0.3 is 4.74 Å². The smallest absolute Gasteiger partial charge is 0.150 e. The lowest BCUT2D eigenvalue weighted by molar-refractivity contribution is -0.105. The molecule has 0 saturated heterocycles. The molecule has 2 unspecified atom stereocenters. The van der Waals surface area contributed by atoms with Gasteiger partial charge in [-0.25, -0.2) is 0 Å². The predicted molar refractivity (Wildman–Crippen MR) is 114 cm³/mol. The average Bonchev–Trinajstić information content (AvgIpc) is 2.79. The summed E-state index contributed by atoms with van der Waals surface area (Å²) in [6.07, 6.45) is 9.45. The second-order valence-corrected chi connectivity index (χ2v) is 8.01. The van der Waals surface area contributed by atoms with Crippen LogP contribution in [0.15, 0.2) is 78.1 Å². The molecule has 1 heterocycles. The zero-order valence-electron chi connectivity index (χ0n) is 16.5. The van der Waals surface area contributed by atoms with Crippen LogP contribution in [0.25, 0.3) is 5.76 Å². The van der Waals surface area contributed by atoms with E-state index in [-0.39, 0.29) is 11.8 Å². The van der Waals surface area contributed by atoms with E-state index in [0.717, 1.165) is 34.5 Å². The van der Waals surface area contributed by atoms with E-state index >= 15 is 0 Å². The minimum absolute atomic E-state index is 0.0660. The molecule has 0 aromatic heterocycles. The standard InChI is InChI=1S/C26H28O2/c1-19(20-11-5-2-6-12-20)26-24(18-27)23(21-13-7-3-8-14-21)17-25(28-26)22-15-9-4-10-16-22/h3-4,7-10,13-20,23H,2,5-6,11-12H2,1H3. The molecule has 2 aromatic rings. The van der Waals surface area contributed by atoms with Crippen LogP contribution < -0.4 is 0 Å². The van der Waals surface area contributed by atoms with Gasteiger partial charge in [-0.3, -0.25) is 4.79 Å². The fourth-order valence-electron chi connectivity index (χ4n) is 4.64. The van der Waals surface area contributed by atoms with E-state index in [0.29, 0.717) is 5.92 Å². The topological polar surface area (TPSA) is 26.3 Å². The summed E-state index contributed by atoms with van der Waals surface area (Å²) in [5.41, 5.74) is 2.97.